The van der Waals surface area contributed by atoms with Crippen LogP contribution < -0.4 is 4.90 Å². The summed E-state index contributed by atoms with van der Waals surface area (Å²) in [6, 6.07) is 16.3. The lowest BCUT2D eigenvalue weighted by Crippen LogP contribution is -2.25. The molecule has 9 heteroatoms. The van der Waals surface area contributed by atoms with Crippen molar-refractivity contribution in [3.05, 3.63) is 77.1 Å². The number of rotatable bonds is 6. The van der Waals surface area contributed by atoms with Gasteiger partial charge in [-0.3, -0.25) is 0 Å². The van der Waals surface area contributed by atoms with Gasteiger partial charge in [-0.2, -0.15) is 0 Å². The second kappa shape index (κ2) is 10.0. The van der Waals surface area contributed by atoms with Crippen molar-refractivity contribution in [3.63, 3.8) is 0 Å². The number of unbranched alkanes of at least 4 members (excludes halogenated alkanes) is 1. The molecular weight excluding hydrogens is 496 g/mol. The van der Waals surface area contributed by atoms with E-state index in [9.17, 15) is 22.7 Å². The lowest BCUT2D eigenvalue weighted by atomic mass is 10.0. The van der Waals surface area contributed by atoms with Crippen LogP contribution in [0.15, 0.2) is 65.6 Å². The Morgan fingerprint density at radius 3 is 2.59 bits per heavy atom. The van der Waals surface area contributed by atoms with Gasteiger partial charge in [0.15, 0.2) is 9.46 Å². The molecule has 0 spiro atoms. The van der Waals surface area contributed by atoms with Gasteiger partial charge in [0, 0.05) is 31.2 Å². The summed E-state index contributed by atoms with van der Waals surface area (Å²) in [4.78, 5) is 13.6. The molecule has 178 valence electrons. The van der Waals surface area contributed by atoms with Crippen LogP contribution in [0.5, 0.6) is 0 Å². The first-order valence-corrected chi connectivity index (χ1v) is 14.6. The van der Waals surface area contributed by atoms with Crippen LogP contribution in [0.25, 0.3) is 11.1 Å². The third-order valence-corrected chi connectivity index (χ3v) is 10.8. The lowest BCUT2D eigenvalue weighted by molar-refractivity contribution is 0.0692. The summed E-state index contributed by atoms with van der Waals surface area (Å²) in [5.41, 5.74) is 1.50. The van der Waals surface area contributed by atoms with E-state index in [-0.39, 0.29) is 23.4 Å². The van der Waals surface area contributed by atoms with E-state index in [1.165, 1.54) is 18.2 Å². The average molecular weight is 520 g/mol. The Hall–Kier alpha value is -2.47. The van der Waals surface area contributed by atoms with E-state index in [4.69, 9.17) is 11.6 Å². The van der Waals surface area contributed by atoms with Crippen molar-refractivity contribution >= 4 is 46.2 Å². The van der Waals surface area contributed by atoms with E-state index in [0.29, 0.717) is 23.4 Å². The van der Waals surface area contributed by atoms with Crippen molar-refractivity contribution in [1.29, 1.82) is 0 Å². The average Bonchev–Trinajstić information content (AvgIpc) is 2.91. The van der Waals surface area contributed by atoms with Gasteiger partial charge >= 0.3 is 5.97 Å². The van der Waals surface area contributed by atoms with E-state index in [1.54, 1.807) is 6.07 Å². The van der Waals surface area contributed by atoms with Gasteiger partial charge in [0.25, 0.3) is 0 Å². The monoisotopic (exact) mass is 519 g/mol. The van der Waals surface area contributed by atoms with E-state index < -0.39 is 26.8 Å². The van der Waals surface area contributed by atoms with Crippen molar-refractivity contribution in [2.24, 2.45) is 0 Å². The first-order valence-electron chi connectivity index (χ1n) is 10.9. The maximum absolute atomic E-state index is 14.0. The molecule has 0 fully saturated rings. The Bertz CT molecular complexity index is 1330. The smallest absolute Gasteiger partial charge is 0.338 e. The highest BCUT2D eigenvalue weighted by atomic mass is 35.5. The highest BCUT2D eigenvalue weighted by molar-refractivity contribution is 8.43. The molecule has 2 unspecified atom stereocenters. The molecule has 1 heterocycles. The summed E-state index contributed by atoms with van der Waals surface area (Å²) in [5, 5.41) is 9.56. The summed E-state index contributed by atoms with van der Waals surface area (Å²) < 4.78 is 41.1. The second-order valence-electron chi connectivity index (χ2n) is 8.21. The van der Waals surface area contributed by atoms with Crippen LogP contribution in [-0.4, -0.2) is 31.7 Å². The zero-order valence-electron chi connectivity index (χ0n) is 18.5. The molecule has 0 amide bonds. The van der Waals surface area contributed by atoms with Gasteiger partial charge in [0.1, 0.15) is 5.82 Å². The number of hydrogen-bond donors (Lipinski definition) is 1. The number of anilines is 2. The molecule has 0 aromatic heterocycles. The number of fused-ring (bicyclic) bond motifs is 1. The minimum Gasteiger partial charge on any atom is -0.478 e. The molecule has 0 saturated carbocycles. The van der Waals surface area contributed by atoms with Gasteiger partial charge in [0.05, 0.1) is 21.2 Å². The van der Waals surface area contributed by atoms with Gasteiger partial charge < -0.3 is 10.0 Å². The van der Waals surface area contributed by atoms with Crippen molar-refractivity contribution < 1.29 is 22.7 Å². The van der Waals surface area contributed by atoms with Gasteiger partial charge in [0.2, 0.25) is 0 Å². The maximum atomic E-state index is 14.0. The Kier molecular flexibility index (Phi) is 7.27. The number of para-hydroxylation sites is 1. The number of halogens is 2. The molecule has 3 aromatic carbocycles. The van der Waals surface area contributed by atoms with Gasteiger partial charge in [-0.1, -0.05) is 55.6 Å². The fourth-order valence-electron chi connectivity index (χ4n) is 4.14. The van der Waals surface area contributed by atoms with Crippen LogP contribution in [0.1, 0.15) is 36.5 Å². The zero-order valence-corrected chi connectivity index (χ0v) is 21.0. The van der Waals surface area contributed by atoms with Crippen LogP contribution in [0.2, 0.25) is 5.02 Å². The van der Waals surface area contributed by atoms with Crippen LogP contribution in [0.3, 0.4) is 0 Å². The van der Waals surface area contributed by atoms with Crippen LogP contribution in [-0.2, 0) is 9.46 Å². The highest BCUT2D eigenvalue weighted by Crippen LogP contribution is 2.49. The van der Waals surface area contributed by atoms with Crippen molar-refractivity contribution in [1.82, 2.24) is 0 Å². The van der Waals surface area contributed by atoms with Crippen LogP contribution in [0, 0.1) is 5.82 Å². The largest absolute Gasteiger partial charge is 0.478 e. The number of carbonyl (C=O) groups is 1. The zero-order chi connectivity index (χ0) is 24.5. The van der Waals surface area contributed by atoms with E-state index >= 15 is 0 Å². The van der Waals surface area contributed by atoms with Gasteiger partial charge in [-0.05, 0) is 48.4 Å². The quantitative estimate of drug-likeness (QED) is 0.358. The third-order valence-electron chi connectivity index (χ3n) is 5.84. The summed E-state index contributed by atoms with van der Waals surface area (Å²) in [5.74, 6) is -2.28. The van der Waals surface area contributed by atoms with E-state index in [1.807, 2.05) is 35.2 Å². The maximum Gasteiger partial charge on any atom is 0.338 e. The number of hydrogen-bond acceptors (Lipinski definition) is 4. The van der Waals surface area contributed by atoms with Crippen molar-refractivity contribution in [2.75, 3.05) is 11.4 Å². The normalized spacial score (nSPS) is 17.9. The fraction of sp³-hybridized carbons (Fsp3) is 0.240. The van der Waals surface area contributed by atoms with Crippen molar-refractivity contribution in [2.45, 2.75) is 36.7 Å². The van der Waals surface area contributed by atoms with Crippen LogP contribution in [0.4, 0.5) is 15.8 Å². The minimum atomic E-state index is -3.64. The number of benzene rings is 3. The lowest BCUT2D eigenvalue weighted by Gasteiger charge is -2.27. The number of aromatic carboxylic acids is 1. The molecule has 3 aromatic rings. The van der Waals surface area contributed by atoms with Crippen molar-refractivity contribution in [3.8, 4) is 11.1 Å². The first kappa shape index (κ1) is 24.6. The second-order valence-corrected chi connectivity index (χ2v) is 13.4. The first-order chi connectivity index (χ1) is 16.2. The summed E-state index contributed by atoms with van der Waals surface area (Å²) in [6.07, 6.45) is 2.71. The van der Waals surface area contributed by atoms with E-state index in [0.717, 1.165) is 31.0 Å². The number of nitrogens with zero attached hydrogens (tertiary/aromatic N) is 1. The Morgan fingerprint density at radius 1 is 1.18 bits per heavy atom. The molecule has 0 bridgehead atoms. The highest BCUT2D eigenvalue weighted by Gasteiger charge is 2.33. The molecule has 2 atom stereocenters. The Morgan fingerprint density at radius 2 is 1.91 bits per heavy atom. The molecule has 0 radical (unpaired) electrons. The molecule has 0 aliphatic carbocycles. The fourth-order valence-corrected chi connectivity index (χ4v) is 9.03. The molecule has 5 nitrogen and oxygen atoms in total. The summed E-state index contributed by atoms with van der Waals surface area (Å²) in [7, 11) is -3.95. The number of carboxylic acid groups (broad SMARTS) is 1. The van der Waals surface area contributed by atoms with Gasteiger partial charge in [-0.25, -0.2) is 17.6 Å². The Balaban J connectivity index is 1.91. The molecule has 1 aliphatic rings. The van der Waals surface area contributed by atoms with Crippen LogP contribution >= 0.6 is 19.4 Å². The SMILES string of the molecule is CCCCC1CN(c2ccccc2)c2cc(Cl)c(-c3ccc(F)c(C(=O)O)c3)cc2S(=O)(=O)P1. The molecule has 0 saturated heterocycles. The molecule has 4 rings (SSSR count). The van der Waals surface area contributed by atoms with E-state index in [2.05, 4.69) is 6.92 Å². The molecular formula is C25H24ClFNO4PS. The number of carboxylic acids is 1. The minimum absolute atomic E-state index is 0.0378. The molecule has 1 N–H and O–H groups in total. The predicted molar refractivity (Wildman–Crippen MR) is 136 cm³/mol. The summed E-state index contributed by atoms with van der Waals surface area (Å²) >= 11 is 6.63. The third kappa shape index (κ3) is 4.97. The predicted octanol–water partition coefficient (Wildman–Crippen LogP) is 6.92. The summed E-state index contributed by atoms with van der Waals surface area (Å²) in [6.45, 7) is 2.63. The van der Waals surface area contributed by atoms with Gasteiger partial charge in [-0.15, -0.1) is 0 Å². The molecule has 34 heavy (non-hydrogen) atoms. The molecule has 1 aliphatic heterocycles. The standard InChI is InChI=1S/C25H24ClFNO4PS/c1-2-3-9-18-15-28(17-7-5-4-6-8-17)23-14-21(26)19(13-24(23)34(31,32)33-18)16-10-11-22(27)20(12-16)25(29)30/h4-8,10-14,18,33H,2-3,9,15H2,1H3,(H,29,30). The Labute approximate surface area is 205 Å². The topological polar surface area (TPSA) is 74.7 Å².